The van der Waals surface area contributed by atoms with Crippen LogP contribution in [0, 0.1) is 0 Å². The number of esters is 1. The van der Waals surface area contributed by atoms with Crippen molar-refractivity contribution in [1.29, 1.82) is 0 Å². The van der Waals surface area contributed by atoms with E-state index in [0.717, 1.165) is 13.0 Å². The number of hydrogen-bond donors (Lipinski definition) is 1. The van der Waals surface area contributed by atoms with Crippen LogP contribution in [0.4, 0.5) is 5.82 Å². The van der Waals surface area contributed by atoms with Crippen molar-refractivity contribution < 1.29 is 14.3 Å². The number of ether oxygens (including phenoxy) is 2. The summed E-state index contributed by atoms with van der Waals surface area (Å²) in [6, 6.07) is 0.177. The molecule has 82 valence electrons. The molecule has 1 saturated heterocycles. The highest BCUT2D eigenvalue weighted by Gasteiger charge is 2.23. The second-order valence-corrected chi connectivity index (χ2v) is 3.39. The molecular formula is C9H13N3O3. The van der Waals surface area contributed by atoms with Crippen molar-refractivity contribution in [2.45, 2.75) is 12.5 Å². The molecule has 0 saturated carbocycles. The maximum absolute atomic E-state index is 11.3. The fourth-order valence-electron chi connectivity index (χ4n) is 1.66. The third kappa shape index (κ3) is 1.68. The summed E-state index contributed by atoms with van der Waals surface area (Å²) in [5, 5.41) is 0. The molecule has 1 fully saturated rings. The van der Waals surface area contributed by atoms with Gasteiger partial charge in [0, 0.05) is 6.61 Å². The fourth-order valence-corrected chi connectivity index (χ4v) is 1.66. The Bertz CT molecular complexity index is 369. The van der Waals surface area contributed by atoms with Gasteiger partial charge in [0.1, 0.15) is 5.82 Å². The first-order valence-corrected chi connectivity index (χ1v) is 4.72. The largest absolute Gasteiger partial charge is 0.464 e. The molecule has 1 atom stereocenters. The summed E-state index contributed by atoms with van der Waals surface area (Å²) >= 11 is 0. The molecule has 0 amide bonds. The number of nitrogen functional groups attached to an aromatic ring is 1. The van der Waals surface area contributed by atoms with Gasteiger partial charge in [-0.2, -0.15) is 0 Å². The van der Waals surface area contributed by atoms with Crippen molar-refractivity contribution in [3.05, 3.63) is 12.0 Å². The Labute approximate surface area is 87.0 Å². The lowest BCUT2D eigenvalue weighted by Gasteiger charge is -2.10. The van der Waals surface area contributed by atoms with E-state index in [1.54, 1.807) is 10.9 Å². The Morgan fingerprint density at radius 1 is 1.80 bits per heavy atom. The van der Waals surface area contributed by atoms with Crippen molar-refractivity contribution in [3.63, 3.8) is 0 Å². The molecule has 1 aliphatic heterocycles. The van der Waals surface area contributed by atoms with Gasteiger partial charge in [-0.05, 0) is 6.42 Å². The van der Waals surface area contributed by atoms with E-state index in [9.17, 15) is 4.79 Å². The van der Waals surface area contributed by atoms with E-state index in [0.29, 0.717) is 12.4 Å². The molecule has 2 heterocycles. The molecule has 0 radical (unpaired) electrons. The van der Waals surface area contributed by atoms with Gasteiger partial charge in [0.05, 0.1) is 26.1 Å². The van der Waals surface area contributed by atoms with Crippen LogP contribution in [0.1, 0.15) is 23.0 Å². The summed E-state index contributed by atoms with van der Waals surface area (Å²) in [5.41, 5.74) is 5.97. The first kappa shape index (κ1) is 9.97. The lowest BCUT2D eigenvalue weighted by Crippen LogP contribution is -2.12. The Kier molecular flexibility index (Phi) is 2.59. The van der Waals surface area contributed by atoms with Gasteiger partial charge in [0.2, 0.25) is 0 Å². The summed E-state index contributed by atoms with van der Waals surface area (Å²) in [4.78, 5) is 15.2. The SMILES string of the molecule is COC(=O)c1ncn(C2CCOC2)c1N. The first-order chi connectivity index (χ1) is 7.24. The number of carbonyl (C=O) groups excluding carboxylic acids is 1. The summed E-state index contributed by atoms with van der Waals surface area (Å²) in [6.07, 6.45) is 2.45. The normalized spacial score (nSPS) is 20.5. The van der Waals surface area contributed by atoms with Crippen LogP contribution >= 0.6 is 0 Å². The average molecular weight is 211 g/mol. The van der Waals surface area contributed by atoms with Crippen molar-refractivity contribution in [2.24, 2.45) is 0 Å². The fraction of sp³-hybridized carbons (Fsp3) is 0.556. The van der Waals surface area contributed by atoms with Crippen molar-refractivity contribution in [3.8, 4) is 0 Å². The number of aromatic nitrogens is 2. The van der Waals surface area contributed by atoms with E-state index in [1.165, 1.54) is 7.11 Å². The number of rotatable bonds is 2. The van der Waals surface area contributed by atoms with Gasteiger partial charge in [-0.1, -0.05) is 0 Å². The topological polar surface area (TPSA) is 79.4 Å². The van der Waals surface area contributed by atoms with Crippen LogP contribution in [0.15, 0.2) is 6.33 Å². The molecule has 6 heteroatoms. The van der Waals surface area contributed by atoms with Crippen molar-refractivity contribution in [2.75, 3.05) is 26.1 Å². The number of methoxy groups -OCH3 is 1. The average Bonchev–Trinajstić information content (AvgIpc) is 2.85. The Morgan fingerprint density at radius 2 is 2.60 bits per heavy atom. The van der Waals surface area contributed by atoms with Gasteiger partial charge >= 0.3 is 5.97 Å². The van der Waals surface area contributed by atoms with Gasteiger partial charge in [0.25, 0.3) is 0 Å². The zero-order chi connectivity index (χ0) is 10.8. The van der Waals surface area contributed by atoms with E-state index in [2.05, 4.69) is 9.72 Å². The monoisotopic (exact) mass is 211 g/mol. The van der Waals surface area contributed by atoms with E-state index in [1.807, 2.05) is 0 Å². The smallest absolute Gasteiger partial charge is 0.360 e. The van der Waals surface area contributed by atoms with Crippen LogP contribution in [0.2, 0.25) is 0 Å². The van der Waals surface area contributed by atoms with Crippen LogP contribution in [0.25, 0.3) is 0 Å². The summed E-state index contributed by atoms with van der Waals surface area (Å²) in [7, 11) is 1.31. The number of anilines is 1. The molecule has 0 spiro atoms. The lowest BCUT2D eigenvalue weighted by molar-refractivity contribution is 0.0596. The van der Waals surface area contributed by atoms with Crippen LogP contribution in [0.3, 0.4) is 0 Å². The van der Waals surface area contributed by atoms with E-state index >= 15 is 0 Å². The Balaban J connectivity index is 2.26. The predicted octanol–water partition coefficient (Wildman–Crippen LogP) is 0.213. The predicted molar refractivity (Wildman–Crippen MR) is 52.5 cm³/mol. The number of carbonyl (C=O) groups is 1. The second kappa shape index (κ2) is 3.90. The summed E-state index contributed by atoms with van der Waals surface area (Å²) < 4.78 is 11.6. The quantitative estimate of drug-likeness (QED) is 0.707. The van der Waals surface area contributed by atoms with Crippen molar-refractivity contribution >= 4 is 11.8 Å². The van der Waals surface area contributed by atoms with Crippen LogP contribution in [-0.2, 0) is 9.47 Å². The van der Waals surface area contributed by atoms with Crippen LogP contribution in [-0.4, -0.2) is 35.8 Å². The second-order valence-electron chi connectivity index (χ2n) is 3.39. The zero-order valence-electron chi connectivity index (χ0n) is 8.47. The lowest BCUT2D eigenvalue weighted by atomic mass is 10.2. The maximum atomic E-state index is 11.3. The molecule has 0 bridgehead atoms. The molecule has 0 aliphatic carbocycles. The Hall–Kier alpha value is -1.56. The van der Waals surface area contributed by atoms with Crippen LogP contribution < -0.4 is 5.73 Å². The van der Waals surface area contributed by atoms with Gasteiger partial charge < -0.3 is 19.8 Å². The standard InChI is InChI=1S/C9H13N3O3/c1-14-9(13)7-8(10)12(5-11-7)6-2-3-15-4-6/h5-6H,2-4,10H2,1H3. The maximum Gasteiger partial charge on any atom is 0.360 e. The molecule has 2 N–H and O–H groups in total. The molecule has 1 aromatic heterocycles. The van der Waals surface area contributed by atoms with Gasteiger partial charge in [-0.25, -0.2) is 9.78 Å². The first-order valence-electron chi connectivity index (χ1n) is 4.72. The van der Waals surface area contributed by atoms with E-state index in [-0.39, 0.29) is 11.7 Å². The molecule has 2 rings (SSSR count). The molecule has 15 heavy (non-hydrogen) atoms. The Morgan fingerprint density at radius 3 is 3.20 bits per heavy atom. The van der Waals surface area contributed by atoms with E-state index < -0.39 is 5.97 Å². The molecule has 1 aliphatic rings. The number of imidazole rings is 1. The molecular weight excluding hydrogens is 198 g/mol. The molecule has 0 aromatic carbocycles. The third-order valence-electron chi connectivity index (χ3n) is 2.51. The zero-order valence-corrected chi connectivity index (χ0v) is 8.47. The molecule has 1 aromatic rings. The van der Waals surface area contributed by atoms with Gasteiger partial charge in [-0.15, -0.1) is 0 Å². The summed E-state index contributed by atoms with van der Waals surface area (Å²) in [5.74, 6) is -0.164. The third-order valence-corrected chi connectivity index (χ3v) is 2.51. The van der Waals surface area contributed by atoms with Crippen LogP contribution in [0.5, 0.6) is 0 Å². The number of nitrogens with zero attached hydrogens (tertiary/aromatic N) is 2. The highest BCUT2D eigenvalue weighted by molar-refractivity contribution is 5.92. The number of hydrogen-bond acceptors (Lipinski definition) is 5. The minimum atomic E-state index is -0.509. The number of nitrogens with two attached hydrogens (primary N) is 1. The minimum Gasteiger partial charge on any atom is -0.464 e. The highest BCUT2D eigenvalue weighted by Crippen LogP contribution is 2.23. The van der Waals surface area contributed by atoms with Crippen molar-refractivity contribution in [1.82, 2.24) is 9.55 Å². The molecule has 1 unspecified atom stereocenters. The molecule has 6 nitrogen and oxygen atoms in total. The minimum absolute atomic E-state index is 0.171. The summed E-state index contributed by atoms with van der Waals surface area (Å²) in [6.45, 7) is 1.33. The highest BCUT2D eigenvalue weighted by atomic mass is 16.5. The van der Waals surface area contributed by atoms with E-state index in [4.69, 9.17) is 10.5 Å². The van der Waals surface area contributed by atoms with Gasteiger partial charge in [0.15, 0.2) is 5.69 Å². The van der Waals surface area contributed by atoms with Gasteiger partial charge in [-0.3, -0.25) is 0 Å².